The van der Waals surface area contributed by atoms with Gasteiger partial charge in [-0.05, 0) is 24.1 Å². The average molecular weight is 442 g/mol. The van der Waals surface area contributed by atoms with Crippen LogP contribution in [0.3, 0.4) is 0 Å². The van der Waals surface area contributed by atoms with Gasteiger partial charge in [0.05, 0.1) is 18.1 Å². The summed E-state index contributed by atoms with van der Waals surface area (Å²) in [6, 6.07) is 1.27. The van der Waals surface area contributed by atoms with Crippen molar-refractivity contribution in [2.75, 3.05) is 0 Å². The van der Waals surface area contributed by atoms with Crippen LogP contribution in [0.2, 0.25) is 0 Å². The minimum absolute atomic E-state index is 0.0438. The molecular formula is C19H16F6N6. The smallest absolute Gasteiger partial charge is 0.336 e. The first-order chi connectivity index (χ1) is 14.7. The fraction of sp³-hybridized carbons (Fsp3) is 0.263. The van der Waals surface area contributed by atoms with Crippen LogP contribution in [0.1, 0.15) is 17.2 Å². The lowest BCUT2D eigenvalue weighted by atomic mass is 10.0. The molecule has 2 aromatic heterocycles. The highest BCUT2D eigenvalue weighted by atomic mass is 19.4. The van der Waals surface area contributed by atoms with Gasteiger partial charge in [0.25, 0.3) is 0 Å². The minimum atomic E-state index is -4.48. The van der Waals surface area contributed by atoms with Gasteiger partial charge in [0.15, 0.2) is 0 Å². The third-order valence-corrected chi connectivity index (χ3v) is 4.91. The largest absolute Gasteiger partial charge is 0.407 e. The summed E-state index contributed by atoms with van der Waals surface area (Å²) in [5.74, 6) is -2.94. The second-order valence-corrected chi connectivity index (χ2v) is 6.98. The molecule has 3 heterocycles. The van der Waals surface area contributed by atoms with E-state index in [0.29, 0.717) is 29.1 Å². The SMILES string of the molecule is Fc1cc(F)c(CCn2cnc(-c3cc(C4NNNC4C(F)(F)F)ccn3)c2)c(F)c1. The maximum absolute atomic E-state index is 13.8. The topological polar surface area (TPSA) is 66.8 Å². The van der Waals surface area contributed by atoms with Crippen molar-refractivity contribution in [2.24, 2.45) is 0 Å². The van der Waals surface area contributed by atoms with E-state index in [-0.39, 0.29) is 18.5 Å². The molecule has 164 valence electrons. The fourth-order valence-corrected chi connectivity index (χ4v) is 3.36. The number of imidazole rings is 1. The van der Waals surface area contributed by atoms with Crippen LogP contribution in [-0.4, -0.2) is 26.8 Å². The van der Waals surface area contributed by atoms with Crippen LogP contribution in [-0.2, 0) is 13.0 Å². The Hall–Kier alpha value is -2.96. The van der Waals surface area contributed by atoms with Crippen LogP contribution in [0.5, 0.6) is 0 Å². The maximum atomic E-state index is 13.8. The monoisotopic (exact) mass is 442 g/mol. The zero-order chi connectivity index (χ0) is 22.2. The van der Waals surface area contributed by atoms with Crippen molar-refractivity contribution in [3.8, 4) is 11.4 Å². The van der Waals surface area contributed by atoms with E-state index in [2.05, 4.69) is 26.4 Å². The molecule has 12 heteroatoms. The molecule has 1 fully saturated rings. The van der Waals surface area contributed by atoms with E-state index in [9.17, 15) is 26.3 Å². The number of pyridine rings is 1. The molecule has 3 aromatic rings. The van der Waals surface area contributed by atoms with Crippen LogP contribution in [0, 0.1) is 17.5 Å². The number of halogens is 6. The molecular weight excluding hydrogens is 426 g/mol. The summed E-state index contributed by atoms with van der Waals surface area (Å²) in [5.41, 5.74) is 7.78. The zero-order valence-electron chi connectivity index (χ0n) is 15.7. The molecule has 2 atom stereocenters. The summed E-state index contributed by atoms with van der Waals surface area (Å²) in [6.07, 6.45) is -0.168. The van der Waals surface area contributed by atoms with Crippen LogP contribution in [0.4, 0.5) is 26.3 Å². The fourth-order valence-electron chi connectivity index (χ4n) is 3.36. The van der Waals surface area contributed by atoms with Crippen molar-refractivity contribution < 1.29 is 26.3 Å². The van der Waals surface area contributed by atoms with Gasteiger partial charge in [-0.3, -0.25) is 4.98 Å². The number of nitrogens with zero attached hydrogens (tertiary/aromatic N) is 3. The third kappa shape index (κ3) is 4.55. The second-order valence-electron chi connectivity index (χ2n) is 6.98. The van der Waals surface area contributed by atoms with Gasteiger partial charge >= 0.3 is 6.18 Å². The molecule has 0 spiro atoms. The van der Waals surface area contributed by atoms with Crippen LogP contribution >= 0.6 is 0 Å². The van der Waals surface area contributed by atoms with Crippen molar-refractivity contribution >= 4 is 0 Å². The van der Waals surface area contributed by atoms with Crippen molar-refractivity contribution in [1.29, 1.82) is 0 Å². The van der Waals surface area contributed by atoms with Gasteiger partial charge in [0.1, 0.15) is 29.2 Å². The van der Waals surface area contributed by atoms with Crippen molar-refractivity contribution in [2.45, 2.75) is 31.2 Å². The molecule has 0 amide bonds. The Balaban J connectivity index is 1.50. The van der Waals surface area contributed by atoms with Gasteiger partial charge < -0.3 is 4.57 Å². The Morgan fingerprint density at radius 3 is 2.42 bits per heavy atom. The number of hydrazine groups is 2. The van der Waals surface area contributed by atoms with Crippen molar-refractivity contribution in [1.82, 2.24) is 30.9 Å². The molecule has 0 saturated carbocycles. The maximum Gasteiger partial charge on any atom is 0.407 e. The predicted octanol–water partition coefficient (Wildman–Crippen LogP) is 3.19. The van der Waals surface area contributed by atoms with Crippen molar-refractivity contribution in [3.63, 3.8) is 0 Å². The van der Waals surface area contributed by atoms with Crippen LogP contribution in [0.25, 0.3) is 11.4 Å². The Kier molecular flexibility index (Phi) is 5.69. The zero-order valence-corrected chi connectivity index (χ0v) is 15.7. The first kappa shape index (κ1) is 21.3. The van der Waals surface area contributed by atoms with Gasteiger partial charge in [0.2, 0.25) is 0 Å². The minimum Gasteiger partial charge on any atom is -0.336 e. The van der Waals surface area contributed by atoms with E-state index in [1.54, 1.807) is 10.8 Å². The number of benzene rings is 1. The quantitative estimate of drug-likeness (QED) is 0.530. The van der Waals surface area contributed by atoms with E-state index in [1.165, 1.54) is 24.7 Å². The molecule has 3 N–H and O–H groups in total. The number of aryl methyl sites for hydroxylation is 1. The third-order valence-electron chi connectivity index (χ3n) is 4.91. The standard InChI is InChI=1S/C19H16F6N6/c20-11-6-13(21)12(14(22)7-11)2-4-31-8-16(27-9-31)15-5-10(1-3-26-15)17-18(19(23,24)25)29-30-28-17/h1,3,5-9,17-18,28-30H,2,4H2. The Labute approximate surface area is 172 Å². The van der Waals surface area contributed by atoms with Crippen molar-refractivity contribution in [3.05, 3.63) is 71.6 Å². The van der Waals surface area contributed by atoms with E-state index in [4.69, 9.17) is 0 Å². The van der Waals surface area contributed by atoms with Crippen LogP contribution in [0.15, 0.2) is 43.0 Å². The van der Waals surface area contributed by atoms with Gasteiger partial charge in [-0.25, -0.2) is 29.0 Å². The summed E-state index contributed by atoms with van der Waals surface area (Å²) in [4.78, 5) is 8.32. The number of hydrogen-bond acceptors (Lipinski definition) is 5. The normalized spacial score (nSPS) is 19.2. The van der Waals surface area contributed by atoms with E-state index in [0.717, 1.165) is 0 Å². The highest BCUT2D eigenvalue weighted by Gasteiger charge is 2.48. The molecule has 1 aromatic carbocycles. The molecule has 0 bridgehead atoms. The molecule has 31 heavy (non-hydrogen) atoms. The number of aromatic nitrogens is 3. The van der Waals surface area contributed by atoms with Crippen LogP contribution < -0.4 is 16.4 Å². The summed E-state index contributed by atoms with van der Waals surface area (Å²) in [5, 5.41) is 0. The second kappa shape index (κ2) is 8.29. The van der Waals surface area contributed by atoms with Gasteiger partial charge in [0, 0.05) is 36.6 Å². The molecule has 2 unspecified atom stereocenters. The van der Waals surface area contributed by atoms with Gasteiger partial charge in [-0.2, -0.15) is 18.7 Å². The highest BCUT2D eigenvalue weighted by molar-refractivity contribution is 5.54. The van der Waals surface area contributed by atoms with E-state index >= 15 is 0 Å². The summed E-state index contributed by atoms with van der Waals surface area (Å²) >= 11 is 0. The molecule has 1 aliphatic heterocycles. The summed E-state index contributed by atoms with van der Waals surface area (Å²) < 4.78 is 81.7. The Morgan fingerprint density at radius 2 is 1.71 bits per heavy atom. The summed E-state index contributed by atoms with van der Waals surface area (Å²) in [7, 11) is 0. The molecule has 0 aliphatic carbocycles. The average Bonchev–Trinajstić information content (AvgIpc) is 3.37. The first-order valence-corrected chi connectivity index (χ1v) is 9.16. The molecule has 1 saturated heterocycles. The molecule has 0 radical (unpaired) electrons. The molecule has 4 rings (SSSR count). The lowest BCUT2D eigenvalue weighted by Crippen LogP contribution is -2.43. The van der Waals surface area contributed by atoms with Gasteiger partial charge in [-0.1, -0.05) is 0 Å². The Bertz CT molecular complexity index is 1060. The lowest BCUT2D eigenvalue weighted by molar-refractivity contribution is -0.156. The van der Waals surface area contributed by atoms with Gasteiger partial charge in [-0.15, -0.1) is 0 Å². The Morgan fingerprint density at radius 1 is 0.968 bits per heavy atom. The highest BCUT2D eigenvalue weighted by Crippen LogP contribution is 2.32. The number of alkyl halides is 3. The number of rotatable bonds is 5. The molecule has 6 nitrogen and oxygen atoms in total. The first-order valence-electron chi connectivity index (χ1n) is 9.16. The summed E-state index contributed by atoms with van der Waals surface area (Å²) in [6.45, 7) is 0.153. The predicted molar refractivity (Wildman–Crippen MR) is 97.5 cm³/mol. The van der Waals surface area contributed by atoms with E-state index in [1.807, 2.05) is 0 Å². The number of hydrogen-bond donors (Lipinski definition) is 3. The lowest BCUT2D eigenvalue weighted by Gasteiger charge is -2.21. The molecule has 1 aliphatic rings. The number of nitrogens with one attached hydrogen (secondary N) is 3. The van der Waals surface area contributed by atoms with E-state index < -0.39 is 35.7 Å².